The molecule has 0 fully saturated rings. The molecular weight excluding hydrogens is 243 g/mol. The molecule has 1 heterocycles. The first-order chi connectivity index (χ1) is 8.98. The van der Waals surface area contributed by atoms with Crippen LogP contribution in [0.1, 0.15) is 24.6 Å². The van der Waals surface area contributed by atoms with Gasteiger partial charge in [-0.2, -0.15) is 5.10 Å². The molecule has 4 heteroatoms. The number of halogens is 1. The van der Waals surface area contributed by atoms with Crippen molar-refractivity contribution < 1.29 is 9.50 Å². The van der Waals surface area contributed by atoms with Crippen LogP contribution in [0.5, 0.6) is 0 Å². The Kier molecular flexibility index (Phi) is 4.00. The zero-order valence-electron chi connectivity index (χ0n) is 11.3. The summed E-state index contributed by atoms with van der Waals surface area (Å²) in [4.78, 5) is 0. The van der Waals surface area contributed by atoms with Gasteiger partial charge >= 0.3 is 0 Å². The van der Waals surface area contributed by atoms with E-state index in [-0.39, 0.29) is 5.82 Å². The van der Waals surface area contributed by atoms with Gasteiger partial charge in [-0.3, -0.25) is 4.68 Å². The Hall–Kier alpha value is -1.68. The van der Waals surface area contributed by atoms with Crippen molar-refractivity contribution in [3.8, 4) is 0 Å². The molecule has 0 bridgehead atoms. The number of rotatable bonds is 5. The van der Waals surface area contributed by atoms with E-state index in [0.717, 1.165) is 12.1 Å². The van der Waals surface area contributed by atoms with Gasteiger partial charge in [0.15, 0.2) is 0 Å². The van der Waals surface area contributed by atoms with Crippen molar-refractivity contribution in [2.75, 3.05) is 0 Å². The number of hydrogen-bond donors (Lipinski definition) is 1. The minimum absolute atomic E-state index is 0.261. The highest BCUT2D eigenvalue weighted by Crippen LogP contribution is 2.21. The minimum Gasteiger partial charge on any atom is -0.390 e. The van der Waals surface area contributed by atoms with Crippen molar-refractivity contribution in [1.29, 1.82) is 0 Å². The molecule has 1 unspecified atom stereocenters. The molecule has 3 nitrogen and oxygen atoms in total. The molecule has 0 saturated carbocycles. The summed E-state index contributed by atoms with van der Waals surface area (Å²) in [6.45, 7) is 1.75. The Balaban J connectivity index is 1.99. The molecule has 1 aromatic carbocycles. The molecule has 1 atom stereocenters. The van der Waals surface area contributed by atoms with Crippen LogP contribution < -0.4 is 0 Å². The van der Waals surface area contributed by atoms with Gasteiger partial charge in [0.2, 0.25) is 0 Å². The minimum atomic E-state index is -0.924. The Morgan fingerprint density at radius 2 is 2.05 bits per heavy atom. The molecule has 0 aliphatic rings. The molecule has 0 amide bonds. The van der Waals surface area contributed by atoms with E-state index in [4.69, 9.17) is 0 Å². The summed E-state index contributed by atoms with van der Waals surface area (Å²) >= 11 is 0. The maximum Gasteiger partial charge on any atom is 0.126 e. The molecule has 2 rings (SSSR count). The number of hydrogen-bond acceptors (Lipinski definition) is 2. The van der Waals surface area contributed by atoms with Crippen LogP contribution >= 0.6 is 0 Å². The van der Waals surface area contributed by atoms with Crippen LogP contribution in [0.15, 0.2) is 36.5 Å². The van der Waals surface area contributed by atoms with Gasteiger partial charge in [-0.05, 0) is 37.5 Å². The third-order valence-electron chi connectivity index (χ3n) is 3.37. The Labute approximate surface area is 112 Å². The largest absolute Gasteiger partial charge is 0.390 e. The van der Waals surface area contributed by atoms with E-state index >= 15 is 0 Å². The molecular formula is C15H19FN2O. The molecule has 102 valence electrons. The topological polar surface area (TPSA) is 38.0 Å². The lowest BCUT2D eigenvalue weighted by Gasteiger charge is -2.23. The van der Waals surface area contributed by atoms with Gasteiger partial charge in [0, 0.05) is 25.4 Å². The molecule has 0 radical (unpaired) electrons. The van der Waals surface area contributed by atoms with Crippen LogP contribution in [-0.2, 0) is 19.9 Å². The fourth-order valence-corrected chi connectivity index (χ4v) is 2.18. The van der Waals surface area contributed by atoms with Crippen molar-refractivity contribution >= 4 is 0 Å². The normalized spacial score (nSPS) is 14.3. The van der Waals surface area contributed by atoms with Crippen LogP contribution in [0.3, 0.4) is 0 Å². The van der Waals surface area contributed by atoms with Gasteiger partial charge in [0.1, 0.15) is 5.82 Å². The maximum atomic E-state index is 13.6. The van der Waals surface area contributed by atoms with Crippen LogP contribution in [0.2, 0.25) is 0 Å². The maximum absolute atomic E-state index is 13.6. The highest BCUT2D eigenvalue weighted by molar-refractivity contribution is 5.19. The van der Waals surface area contributed by atoms with Crippen molar-refractivity contribution in [2.45, 2.75) is 31.8 Å². The Morgan fingerprint density at radius 3 is 2.68 bits per heavy atom. The van der Waals surface area contributed by atoms with Crippen LogP contribution in [-0.4, -0.2) is 20.5 Å². The van der Waals surface area contributed by atoms with Gasteiger partial charge in [-0.1, -0.05) is 18.2 Å². The molecule has 2 aromatic rings. The molecule has 0 saturated heterocycles. The van der Waals surface area contributed by atoms with Gasteiger partial charge < -0.3 is 5.11 Å². The second-order valence-corrected chi connectivity index (χ2v) is 5.21. The molecule has 0 aliphatic heterocycles. The average Bonchev–Trinajstić information content (AvgIpc) is 2.75. The predicted octanol–water partition coefficient (Wildman–Crippen LogP) is 2.49. The second-order valence-electron chi connectivity index (χ2n) is 5.21. The summed E-state index contributed by atoms with van der Waals surface area (Å²) in [5, 5.41) is 14.5. The predicted molar refractivity (Wildman–Crippen MR) is 72.3 cm³/mol. The summed E-state index contributed by atoms with van der Waals surface area (Å²) < 4.78 is 15.4. The molecule has 1 aromatic heterocycles. The molecule has 0 spiro atoms. The van der Waals surface area contributed by atoms with Crippen molar-refractivity contribution in [1.82, 2.24) is 9.78 Å². The van der Waals surface area contributed by atoms with E-state index in [1.807, 2.05) is 13.1 Å². The van der Waals surface area contributed by atoms with E-state index in [0.29, 0.717) is 18.4 Å². The zero-order valence-corrected chi connectivity index (χ0v) is 11.3. The van der Waals surface area contributed by atoms with Crippen LogP contribution in [0, 0.1) is 5.82 Å². The lowest BCUT2D eigenvalue weighted by molar-refractivity contribution is 0.0502. The number of aromatic nitrogens is 2. The summed E-state index contributed by atoms with van der Waals surface area (Å²) in [5.74, 6) is -0.261. The number of benzene rings is 1. The first-order valence-electron chi connectivity index (χ1n) is 6.41. The van der Waals surface area contributed by atoms with Gasteiger partial charge in [0.25, 0.3) is 0 Å². The van der Waals surface area contributed by atoms with Gasteiger partial charge in [0.05, 0.1) is 5.60 Å². The first kappa shape index (κ1) is 13.7. The molecule has 0 aliphatic carbocycles. The quantitative estimate of drug-likeness (QED) is 0.899. The Bertz CT molecular complexity index is 549. The number of aryl methyl sites for hydroxylation is 2. The monoisotopic (exact) mass is 262 g/mol. The fourth-order valence-electron chi connectivity index (χ4n) is 2.18. The lowest BCUT2D eigenvalue weighted by Crippen LogP contribution is -2.28. The van der Waals surface area contributed by atoms with E-state index in [1.165, 1.54) is 6.07 Å². The van der Waals surface area contributed by atoms with Crippen molar-refractivity contribution in [3.63, 3.8) is 0 Å². The third kappa shape index (κ3) is 3.64. The summed E-state index contributed by atoms with van der Waals surface area (Å²) in [5.41, 5.74) is 0.693. The van der Waals surface area contributed by atoms with E-state index in [1.54, 1.807) is 36.0 Å². The average molecular weight is 262 g/mol. The van der Waals surface area contributed by atoms with E-state index in [9.17, 15) is 9.50 Å². The number of nitrogens with zero attached hydrogens (tertiary/aromatic N) is 2. The summed E-state index contributed by atoms with van der Waals surface area (Å²) in [6.07, 6.45) is 3.34. The van der Waals surface area contributed by atoms with E-state index < -0.39 is 5.60 Å². The smallest absolute Gasteiger partial charge is 0.126 e. The van der Waals surface area contributed by atoms with E-state index in [2.05, 4.69) is 5.10 Å². The second kappa shape index (κ2) is 5.53. The third-order valence-corrected chi connectivity index (χ3v) is 3.37. The van der Waals surface area contributed by atoms with Crippen molar-refractivity contribution in [2.24, 2.45) is 7.05 Å². The first-order valence-corrected chi connectivity index (χ1v) is 6.41. The fraction of sp³-hybridized carbons (Fsp3) is 0.400. The highest BCUT2D eigenvalue weighted by Gasteiger charge is 2.22. The van der Waals surface area contributed by atoms with Gasteiger partial charge in [-0.15, -0.1) is 0 Å². The zero-order chi connectivity index (χ0) is 13.9. The van der Waals surface area contributed by atoms with Crippen LogP contribution in [0.25, 0.3) is 0 Å². The van der Waals surface area contributed by atoms with Gasteiger partial charge in [-0.25, -0.2) is 4.39 Å². The Morgan fingerprint density at radius 1 is 1.32 bits per heavy atom. The SMILES string of the molecule is Cn1nccc1CCC(C)(O)Cc1ccccc1F. The standard InChI is InChI=1S/C15H19FN2O/c1-15(19,9-7-13-8-10-17-18(13)2)11-12-5-3-4-6-14(12)16/h3-6,8,10,19H,7,9,11H2,1-2H3. The molecule has 19 heavy (non-hydrogen) atoms. The van der Waals surface area contributed by atoms with Crippen LogP contribution in [0.4, 0.5) is 4.39 Å². The highest BCUT2D eigenvalue weighted by atomic mass is 19.1. The number of aliphatic hydroxyl groups is 1. The van der Waals surface area contributed by atoms with Crippen molar-refractivity contribution in [3.05, 3.63) is 53.6 Å². The lowest BCUT2D eigenvalue weighted by atomic mass is 9.91. The summed E-state index contributed by atoms with van der Waals surface area (Å²) in [6, 6.07) is 8.51. The molecule has 1 N–H and O–H groups in total. The summed E-state index contributed by atoms with van der Waals surface area (Å²) in [7, 11) is 1.88.